The second-order valence-corrected chi connectivity index (χ2v) is 7.30. The molecule has 0 radical (unpaired) electrons. The lowest BCUT2D eigenvalue weighted by Gasteiger charge is -2.21. The number of carboxylic acid groups (broad SMARTS) is 1. The SMILES string of the molecule is C=CCN=C(COc1ccc(OC(C)(C)C(=O)O)cc1)N=C(N)c1ccc(C(F)(F)F)cc1. The molecule has 0 saturated carbocycles. The van der Waals surface area contributed by atoms with Crippen molar-refractivity contribution in [2.75, 3.05) is 13.2 Å². The van der Waals surface area contributed by atoms with E-state index in [9.17, 15) is 18.0 Å². The van der Waals surface area contributed by atoms with Crippen LogP contribution in [0.1, 0.15) is 25.0 Å². The van der Waals surface area contributed by atoms with Gasteiger partial charge in [-0.25, -0.2) is 9.79 Å². The fourth-order valence-electron chi connectivity index (χ4n) is 2.41. The summed E-state index contributed by atoms with van der Waals surface area (Å²) in [5, 5.41) is 9.13. The molecule has 10 heteroatoms. The van der Waals surface area contributed by atoms with Crippen molar-refractivity contribution < 1.29 is 32.5 Å². The van der Waals surface area contributed by atoms with Crippen molar-refractivity contribution >= 4 is 17.6 Å². The Bertz CT molecular complexity index is 1030. The van der Waals surface area contributed by atoms with Crippen LogP contribution in [0.15, 0.2) is 71.2 Å². The fraction of sp³-hybridized carbons (Fsp3) is 0.261. The lowest BCUT2D eigenvalue weighted by molar-refractivity contribution is -0.152. The zero-order valence-electron chi connectivity index (χ0n) is 18.1. The highest BCUT2D eigenvalue weighted by atomic mass is 19.4. The van der Waals surface area contributed by atoms with Crippen molar-refractivity contribution in [3.05, 3.63) is 72.3 Å². The molecule has 176 valence electrons. The smallest absolute Gasteiger partial charge is 0.416 e. The van der Waals surface area contributed by atoms with Crippen LogP contribution in [-0.4, -0.2) is 41.5 Å². The van der Waals surface area contributed by atoms with E-state index in [0.29, 0.717) is 17.1 Å². The van der Waals surface area contributed by atoms with Gasteiger partial charge in [0.2, 0.25) is 0 Å². The Kier molecular flexibility index (Phi) is 8.22. The van der Waals surface area contributed by atoms with Crippen LogP contribution < -0.4 is 15.2 Å². The number of hydrogen-bond donors (Lipinski definition) is 2. The molecular formula is C23H24F3N3O4. The minimum Gasteiger partial charge on any atom is -0.486 e. The average Bonchev–Trinajstić information content (AvgIpc) is 2.75. The van der Waals surface area contributed by atoms with Crippen LogP contribution in [0.4, 0.5) is 13.2 Å². The quantitative estimate of drug-likeness (QED) is 0.327. The fourth-order valence-corrected chi connectivity index (χ4v) is 2.41. The topological polar surface area (TPSA) is 106 Å². The number of hydrogen-bond acceptors (Lipinski definition) is 4. The summed E-state index contributed by atoms with van der Waals surface area (Å²) in [6.45, 7) is 6.61. The summed E-state index contributed by atoms with van der Waals surface area (Å²) in [7, 11) is 0. The van der Waals surface area contributed by atoms with E-state index in [-0.39, 0.29) is 24.8 Å². The number of amidine groups is 2. The molecule has 2 aromatic carbocycles. The Balaban J connectivity index is 2.10. The van der Waals surface area contributed by atoms with Gasteiger partial charge in [0.25, 0.3) is 0 Å². The van der Waals surface area contributed by atoms with Gasteiger partial charge in [-0.2, -0.15) is 13.2 Å². The van der Waals surface area contributed by atoms with Gasteiger partial charge in [-0.05, 0) is 50.2 Å². The highest BCUT2D eigenvalue weighted by molar-refractivity contribution is 6.05. The maximum Gasteiger partial charge on any atom is 0.416 e. The van der Waals surface area contributed by atoms with Crippen molar-refractivity contribution in [1.29, 1.82) is 0 Å². The predicted octanol–water partition coefficient (Wildman–Crippen LogP) is 4.32. The van der Waals surface area contributed by atoms with Crippen molar-refractivity contribution in [2.24, 2.45) is 15.7 Å². The monoisotopic (exact) mass is 463 g/mol. The maximum atomic E-state index is 12.7. The molecule has 0 amide bonds. The molecule has 0 atom stereocenters. The van der Waals surface area contributed by atoms with Gasteiger partial charge in [0, 0.05) is 5.56 Å². The highest BCUT2D eigenvalue weighted by Crippen LogP contribution is 2.29. The van der Waals surface area contributed by atoms with E-state index in [1.54, 1.807) is 30.3 Å². The zero-order valence-corrected chi connectivity index (χ0v) is 18.1. The van der Waals surface area contributed by atoms with E-state index in [4.69, 9.17) is 20.3 Å². The summed E-state index contributed by atoms with van der Waals surface area (Å²) in [4.78, 5) is 19.5. The van der Waals surface area contributed by atoms with E-state index < -0.39 is 23.3 Å². The van der Waals surface area contributed by atoms with Crippen molar-refractivity contribution in [3.63, 3.8) is 0 Å². The third-order valence-corrected chi connectivity index (χ3v) is 4.24. The number of carbonyl (C=O) groups is 1. The molecular weight excluding hydrogens is 439 g/mol. The van der Waals surface area contributed by atoms with Gasteiger partial charge < -0.3 is 20.3 Å². The first-order valence-electron chi connectivity index (χ1n) is 9.73. The summed E-state index contributed by atoms with van der Waals surface area (Å²) in [5.41, 5.74) is 4.06. The molecule has 0 aromatic heterocycles. The Hall–Kier alpha value is -3.82. The molecule has 2 rings (SSSR count). The molecule has 0 spiro atoms. The molecule has 0 heterocycles. The number of nitrogens with zero attached hydrogens (tertiary/aromatic N) is 2. The molecule has 3 N–H and O–H groups in total. The number of nitrogens with two attached hydrogens (primary N) is 1. The summed E-state index contributed by atoms with van der Waals surface area (Å²) in [6.07, 6.45) is -2.90. The lowest BCUT2D eigenvalue weighted by atomic mass is 10.1. The Morgan fingerprint density at radius 3 is 2.18 bits per heavy atom. The van der Waals surface area contributed by atoms with Crippen LogP contribution in [0.5, 0.6) is 11.5 Å². The summed E-state index contributed by atoms with van der Waals surface area (Å²) < 4.78 is 49.3. The average molecular weight is 463 g/mol. The van der Waals surface area contributed by atoms with Gasteiger partial charge in [-0.3, -0.25) is 4.99 Å². The normalized spacial score (nSPS) is 12.9. The molecule has 0 aliphatic heterocycles. The lowest BCUT2D eigenvalue weighted by Crippen LogP contribution is -2.37. The Labute approximate surface area is 189 Å². The number of carboxylic acids is 1. The predicted molar refractivity (Wildman–Crippen MR) is 119 cm³/mol. The first-order valence-corrected chi connectivity index (χ1v) is 9.73. The second kappa shape index (κ2) is 10.7. The van der Waals surface area contributed by atoms with Crippen LogP contribution in [0.2, 0.25) is 0 Å². The molecule has 0 bridgehead atoms. The number of ether oxygens (including phenoxy) is 2. The zero-order chi connectivity index (χ0) is 24.6. The molecule has 0 fully saturated rings. The van der Waals surface area contributed by atoms with Crippen LogP contribution in [0.3, 0.4) is 0 Å². The van der Waals surface area contributed by atoms with Gasteiger partial charge >= 0.3 is 12.1 Å². The Morgan fingerprint density at radius 1 is 1.09 bits per heavy atom. The standard InChI is InChI=1S/C23H24F3N3O4/c1-4-13-28-19(29-20(27)15-5-7-16(8-6-15)23(24,25)26)14-32-17-9-11-18(12-10-17)33-22(2,3)21(30)31/h4-12H,1,13-14H2,2-3H3,(H,30,31)(H2,27,28,29). The van der Waals surface area contributed by atoms with E-state index >= 15 is 0 Å². The maximum absolute atomic E-state index is 12.7. The minimum atomic E-state index is -4.45. The van der Waals surface area contributed by atoms with Gasteiger partial charge in [0.1, 0.15) is 23.9 Å². The highest BCUT2D eigenvalue weighted by Gasteiger charge is 2.30. The Morgan fingerprint density at radius 2 is 1.67 bits per heavy atom. The first-order chi connectivity index (χ1) is 15.4. The number of aliphatic carboxylic acids is 1. The van der Waals surface area contributed by atoms with Crippen LogP contribution in [-0.2, 0) is 11.0 Å². The van der Waals surface area contributed by atoms with Crippen molar-refractivity contribution in [3.8, 4) is 11.5 Å². The minimum absolute atomic E-state index is 0.0187. The van der Waals surface area contributed by atoms with E-state index in [2.05, 4.69) is 16.6 Å². The van der Waals surface area contributed by atoms with Crippen molar-refractivity contribution in [2.45, 2.75) is 25.6 Å². The number of alkyl halides is 3. The first kappa shape index (κ1) is 25.4. The van der Waals surface area contributed by atoms with Crippen molar-refractivity contribution in [1.82, 2.24) is 0 Å². The van der Waals surface area contributed by atoms with Crippen LogP contribution >= 0.6 is 0 Å². The van der Waals surface area contributed by atoms with Crippen LogP contribution in [0, 0.1) is 0 Å². The van der Waals surface area contributed by atoms with Crippen LogP contribution in [0.25, 0.3) is 0 Å². The number of aliphatic imine (C=N–C) groups is 2. The molecule has 0 unspecified atom stereocenters. The summed E-state index contributed by atoms with van der Waals surface area (Å²) in [5.74, 6) is -0.131. The van der Waals surface area contributed by atoms with Gasteiger partial charge in [-0.1, -0.05) is 18.2 Å². The largest absolute Gasteiger partial charge is 0.486 e. The van der Waals surface area contributed by atoms with Gasteiger partial charge in [0.05, 0.1) is 12.1 Å². The third kappa shape index (κ3) is 7.67. The second-order valence-electron chi connectivity index (χ2n) is 7.30. The third-order valence-electron chi connectivity index (χ3n) is 4.24. The molecule has 0 saturated heterocycles. The summed E-state index contributed by atoms with van der Waals surface area (Å²) >= 11 is 0. The number of rotatable bonds is 9. The molecule has 33 heavy (non-hydrogen) atoms. The van der Waals surface area contributed by atoms with E-state index in [0.717, 1.165) is 12.1 Å². The number of halogens is 3. The molecule has 7 nitrogen and oxygen atoms in total. The summed E-state index contributed by atoms with van der Waals surface area (Å²) in [6, 6.07) is 10.6. The molecule has 2 aromatic rings. The van der Waals surface area contributed by atoms with Gasteiger partial charge in [-0.15, -0.1) is 6.58 Å². The number of benzene rings is 2. The van der Waals surface area contributed by atoms with Gasteiger partial charge in [0.15, 0.2) is 11.4 Å². The molecule has 0 aliphatic carbocycles. The van der Waals surface area contributed by atoms with E-state index in [1.165, 1.54) is 26.0 Å². The van der Waals surface area contributed by atoms with E-state index in [1.807, 2.05) is 0 Å². The molecule has 0 aliphatic rings.